The van der Waals surface area contributed by atoms with Crippen LogP contribution in [0.5, 0.6) is 17.5 Å². The number of halogens is 3. The van der Waals surface area contributed by atoms with Crippen LogP contribution >= 0.6 is 0 Å². The Morgan fingerprint density at radius 1 is 1.24 bits per heavy atom. The van der Waals surface area contributed by atoms with Crippen molar-refractivity contribution in [1.29, 1.82) is 0 Å². The summed E-state index contributed by atoms with van der Waals surface area (Å²) in [7, 11) is 0. The van der Waals surface area contributed by atoms with E-state index >= 15 is 0 Å². The summed E-state index contributed by atoms with van der Waals surface area (Å²) in [6, 6.07) is 5.11. The number of amides is 1. The van der Waals surface area contributed by atoms with Gasteiger partial charge in [0.2, 0.25) is 5.91 Å². The highest BCUT2D eigenvalue weighted by Crippen LogP contribution is 2.26. The number of fused-ring (bicyclic) bond motifs is 1. The van der Waals surface area contributed by atoms with E-state index in [1.165, 1.54) is 35.0 Å². The minimum Gasteiger partial charge on any atom is -0.488 e. The molecule has 184 valence electrons. The second-order valence-corrected chi connectivity index (χ2v) is 7.99. The molecule has 1 aromatic heterocycles. The summed E-state index contributed by atoms with van der Waals surface area (Å²) in [5.74, 6) is -0.285. The third-order valence-electron chi connectivity index (χ3n) is 5.27. The van der Waals surface area contributed by atoms with Crippen molar-refractivity contribution in [1.82, 2.24) is 19.8 Å². The molecule has 1 N–H and O–H groups in total. The van der Waals surface area contributed by atoms with E-state index < -0.39 is 11.3 Å². The fourth-order valence-electron chi connectivity index (χ4n) is 3.73. The third kappa shape index (κ3) is 6.27. The van der Waals surface area contributed by atoms with E-state index in [2.05, 4.69) is 19.9 Å². The number of benzene rings is 1. The van der Waals surface area contributed by atoms with Gasteiger partial charge in [0.15, 0.2) is 0 Å². The fourth-order valence-corrected chi connectivity index (χ4v) is 3.73. The first-order valence-corrected chi connectivity index (χ1v) is 10.5. The predicted molar refractivity (Wildman–Crippen MR) is 110 cm³/mol. The van der Waals surface area contributed by atoms with Gasteiger partial charge in [-0.05, 0) is 42.2 Å². The number of ether oxygens (including phenoxy) is 3. The Hall–Kier alpha value is -3.55. The molecule has 0 radical (unpaired) electrons. The van der Waals surface area contributed by atoms with Gasteiger partial charge in [-0.15, -0.1) is 13.2 Å². The number of nitrogens with one attached hydrogen (secondary N) is 1. The SMILES string of the molecule is O=C(CCCN1CC(Oc2ccc(OC(F)(F)F)cc2)C1)NC1COc2nc([N+](=O)[O-])cn2C1. The van der Waals surface area contributed by atoms with Crippen molar-refractivity contribution in [2.75, 3.05) is 26.2 Å². The first-order chi connectivity index (χ1) is 16.1. The number of alkyl halides is 3. The van der Waals surface area contributed by atoms with Crippen LogP contribution in [0.15, 0.2) is 30.5 Å². The maximum atomic E-state index is 12.2. The quantitative estimate of drug-likeness (QED) is 0.424. The molecule has 1 fully saturated rings. The zero-order valence-corrected chi connectivity index (χ0v) is 17.9. The Bertz CT molecular complexity index is 1020. The van der Waals surface area contributed by atoms with Gasteiger partial charge in [-0.25, -0.2) is 0 Å². The van der Waals surface area contributed by atoms with Gasteiger partial charge in [0.25, 0.3) is 0 Å². The molecule has 14 heteroatoms. The summed E-state index contributed by atoms with van der Waals surface area (Å²) in [6.07, 6.45) is -2.57. The molecule has 0 saturated carbocycles. The van der Waals surface area contributed by atoms with E-state index in [1.54, 1.807) is 0 Å². The number of rotatable bonds is 9. The van der Waals surface area contributed by atoms with Gasteiger partial charge < -0.3 is 29.6 Å². The summed E-state index contributed by atoms with van der Waals surface area (Å²) < 4.78 is 53.0. The van der Waals surface area contributed by atoms with E-state index in [0.29, 0.717) is 44.8 Å². The topological polar surface area (TPSA) is 121 Å². The highest BCUT2D eigenvalue weighted by atomic mass is 19.4. The number of carbonyl (C=O) groups excluding carboxylic acids is 1. The van der Waals surface area contributed by atoms with Crippen molar-refractivity contribution in [2.24, 2.45) is 0 Å². The van der Waals surface area contributed by atoms with Crippen molar-refractivity contribution in [3.05, 3.63) is 40.6 Å². The van der Waals surface area contributed by atoms with Crippen LogP contribution in [0.1, 0.15) is 12.8 Å². The molecular formula is C20H22F3N5O6. The molecule has 1 unspecified atom stereocenters. The number of carbonyl (C=O) groups is 1. The summed E-state index contributed by atoms with van der Waals surface area (Å²) in [5, 5.41) is 13.7. The Morgan fingerprint density at radius 3 is 2.62 bits per heavy atom. The molecule has 0 bridgehead atoms. The molecule has 0 aliphatic carbocycles. The normalized spacial score (nSPS) is 18.4. The minimum absolute atomic E-state index is 0.0731. The van der Waals surface area contributed by atoms with Crippen molar-refractivity contribution < 1.29 is 37.1 Å². The molecule has 1 atom stereocenters. The van der Waals surface area contributed by atoms with Gasteiger partial charge in [-0.1, -0.05) is 0 Å². The third-order valence-corrected chi connectivity index (χ3v) is 5.27. The lowest BCUT2D eigenvalue weighted by atomic mass is 10.1. The van der Waals surface area contributed by atoms with Gasteiger partial charge >= 0.3 is 18.2 Å². The maximum absolute atomic E-state index is 12.2. The number of likely N-dealkylation sites (tertiary alicyclic amines) is 1. The van der Waals surface area contributed by atoms with Crippen LogP contribution in [-0.4, -0.2) is 70.0 Å². The Kier molecular flexibility index (Phi) is 6.77. The van der Waals surface area contributed by atoms with E-state index in [4.69, 9.17) is 9.47 Å². The Balaban J connectivity index is 1.10. The van der Waals surface area contributed by atoms with E-state index in [1.807, 2.05) is 0 Å². The van der Waals surface area contributed by atoms with Crippen LogP contribution in [-0.2, 0) is 11.3 Å². The number of hydrogen-bond donors (Lipinski definition) is 1. The number of aromatic nitrogens is 2. The second-order valence-electron chi connectivity index (χ2n) is 7.99. The highest BCUT2D eigenvalue weighted by molar-refractivity contribution is 5.76. The molecule has 3 heterocycles. The number of hydrogen-bond acceptors (Lipinski definition) is 8. The predicted octanol–water partition coefficient (Wildman–Crippen LogP) is 2.11. The smallest absolute Gasteiger partial charge is 0.488 e. The molecule has 1 aromatic carbocycles. The van der Waals surface area contributed by atoms with Gasteiger partial charge in [-0.3, -0.25) is 14.3 Å². The van der Waals surface area contributed by atoms with Crippen LogP contribution in [0.3, 0.4) is 0 Å². The van der Waals surface area contributed by atoms with Crippen molar-refractivity contribution in [2.45, 2.75) is 37.9 Å². The standard InChI is InChI=1S/C20H22F3N5O6/c21-20(22,23)34-15-5-3-14(4-6-15)33-16-9-26(10-16)7-1-2-18(29)24-13-8-27-11-17(28(30)31)25-19(27)32-12-13/h3-6,11,13,16H,1-2,7-10,12H2,(H,24,29). The number of imidazole rings is 1. The zero-order chi connectivity index (χ0) is 24.3. The van der Waals surface area contributed by atoms with Gasteiger partial charge in [0.05, 0.1) is 12.6 Å². The van der Waals surface area contributed by atoms with Gasteiger partial charge in [0.1, 0.15) is 30.4 Å². The van der Waals surface area contributed by atoms with Crippen molar-refractivity contribution in [3.8, 4) is 17.5 Å². The summed E-state index contributed by atoms with van der Waals surface area (Å²) in [5.41, 5.74) is 0. The molecule has 2 aromatic rings. The molecule has 0 spiro atoms. The average molecular weight is 485 g/mol. The Morgan fingerprint density at radius 2 is 1.94 bits per heavy atom. The fraction of sp³-hybridized carbons (Fsp3) is 0.500. The number of nitro groups is 1. The van der Waals surface area contributed by atoms with E-state index in [9.17, 15) is 28.1 Å². The molecular weight excluding hydrogens is 463 g/mol. The lowest BCUT2D eigenvalue weighted by Crippen LogP contribution is -2.54. The molecule has 2 aliphatic heterocycles. The molecule has 1 amide bonds. The Labute approximate surface area is 191 Å². The minimum atomic E-state index is -4.73. The maximum Gasteiger partial charge on any atom is 0.573 e. The van der Waals surface area contributed by atoms with Crippen LogP contribution in [0, 0.1) is 10.1 Å². The summed E-state index contributed by atoms with van der Waals surface area (Å²) in [6.45, 7) is 2.54. The highest BCUT2D eigenvalue weighted by Gasteiger charge is 2.32. The van der Waals surface area contributed by atoms with Gasteiger partial charge in [-0.2, -0.15) is 0 Å². The summed E-state index contributed by atoms with van der Waals surface area (Å²) in [4.78, 5) is 28.3. The molecule has 34 heavy (non-hydrogen) atoms. The number of nitrogens with zero attached hydrogens (tertiary/aromatic N) is 4. The van der Waals surface area contributed by atoms with Crippen LogP contribution in [0.25, 0.3) is 0 Å². The molecule has 2 aliphatic rings. The van der Waals surface area contributed by atoms with E-state index in [-0.39, 0.29) is 42.2 Å². The molecule has 4 rings (SSSR count). The second kappa shape index (κ2) is 9.75. The molecule has 11 nitrogen and oxygen atoms in total. The first kappa shape index (κ1) is 23.6. The first-order valence-electron chi connectivity index (χ1n) is 10.5. The average Bonchev–Trinajstić information content (AvgIpc) is 3.16. The van der Waals surface area contributed by atoms with E-state index in [0.717, 1.165) is 0 Å². The van der Waals surface area contributed by atoms with Crippen molar-refractivity contribution >= 4 is 11.7 Å². The van der Waals surface area contributed by atoms with Crippen LogP contribution in [0.2, 0.25) is 0 Å². The van der Waals surface area contributed by atoms with Crippen LogP contribution in [0.4, 0.5) is 19.0 Å². The monoisotopic (exact) mass is 485 g/mol. The summed E-state index contributed by atoms with van der Waals surface area (Å²) >= 11 is 0. The zero-order valence-electron chi connectivity index (χ0n) is 17.9. The lowest BCUT2D eigenvalue weighted by Gasteiger charge is -2.39. The van der Waals surface area contributed by atoms with Gasteiger partial charge in [0, 0.05) is 24.5 Å². The lowest BCUT2D eigenvalue weighted by molar-refractivity contribution is -0.389. The van der Waals surface area contributed by atoms with Crippen LogP contribution < -0.4 is 19.5 Å². The van der Waals surface area contributed by atoms with Crippen molar-refractivity contribution in [3.63, 3.8) is 0 Å². The molecule has 1 saturated heterocycles. The largest absolute Gasteiger partial charge is 0.573 e.